The summed E-state index contributed by atoms with van der Waals surface area (Å²) >= 11 is 1.58. The van der Waals surface area contributed by atoms with Crippen molar-refractivity contribution in [2.75, 3.05) is 6.61 Å². The number of carbonyl (C=O) groups is 1. The van der Waals surface area contributed by atoms with Gasteiger partial charge in [-0.15, -0.1) is 11.3 Å². The van der Waals surface area contributed by atoms with Crippen molar-refractivity contribution >= 4 is 23.0 Å². The van der Waals surface area contributed by atoms with Gasteiger partial charge < -0.3 is 4.74 Å². The van der Waals surface area contributed by atoms with Gasteiger partial charge in [0.05, 0.1) is 5.71 Å². The average molecular weight is 300 g/mol. The highest BCUT2D eigenvalue weighted by Crippen LogP contribution is 2.12. The molecule has 0 aliphatic rings. The maximum atomic E-state index is 12.0. The first-order valence-corrected chi connectivity index (χ1v) is 7.31. The third kappa shape index (κ3) is 4.29. The third-order valence-electron chi connectivity index (χ3n) is 2.69. The zero-order valence-electron chi connectivity index (χ0n) is 11.7. The van der Waals surface area contributed by atoms with E-state index in [9.17, 15) is 4.79 Å². The van der Waals surface area contributed by atoms with Crippen molar-refractivity contribution in [3.05, 3.63) is 64.9 Å². The van der Waals surface area contributed by atoms with Crippen LogP contribution in [0.15, 0.2) is 59.5 Å². The Bertz CT molecular complexity index is 631. The molecule has 0 saturated carbocycles. The second kappa shape index (κ2) is 7.40. The van der Waals surface area contributed by atoms with Crippen LogP contribution in [0, 0.1) is 0 Å². The Balaban J connectivity index is 1.97. The second-order valence-corrected chi connectivity index (χ2v) is 5.19. The Morgan fingerprint density at radius 1 is 1.38 bits per heavy atom. The predicted molar refractivity (Wildman–Crippen MR) is 86.1 cm³/mol. The number of rotatable bonds is 6. The molecule has 4 nitrogen and oxygen atoms in total. The normalized spacial score (nSPS) is 11.0. The lowest BCUT2D eigenvalue weighted by atomic mass is 10.2. The van der Waals surface area contributed by atoms with E-state index < -0.39 is 0 Å². The predicted octanol–water partition coefficient (Wildman–Crippen LogP) is 3.47. The van der Waals surface area contributed by atoms with E-state index in [0.29, 0.717) is 17.9 Å². The summed E-state index contributed by atoms with van der Waals surface area (Å²) in [6.45, 7) is 5.88. The fraction of sp³-hybridized carbons (Fsp3) is 0.125. The monoisotopic (exact) mass is 300 g/mol. The SMILES string of the molecule is C=CCOc1ccc(C(=O)NN=C(C)c2cccs2)cc1. The maximum Gasteiger partial charge on any atom is 0.271 e. The highest BCUT2D eigenvalue weighted by atomic mass is 32.1. The average Bonchev–Trinajstić information content (AvgIpc) is 3.05. The van der Waals surface area contributed by atoms with Crippen LogP contribution in [0.5, 0.6) is 5.75 Å². The first kappa shape index (κ1) is 15.0. The molecule has 0 unspecified atom stereocenters. The number of nitrogens with one attached hydrogen (secondary N) is 1. The summed E-state index contributed by atoms with van der Waals surface area (Å²) in [4.78, 5) is 13.0. The molecule has 0 spiro atoms. The van der Waals surface area contributed by atoms with Gasteiger partial charge in [0.1, 0.15) is 12.4 Å². The number of benzene rings is 1. The molecule has 2 rings (SSSR count). The van der Waals surface area contributed by atoms with E-state index in [1.807, 2.05) is 24.4 Å². The number of nitrogens with zero attached hydrogens (tertiary/aromatic N) is 1. The molecule has 21 heavy (non-hydrogen) atoms. The molecule has 2 aromatic rings. The highest BCUT2D eigenvalue weighted by molar-refractivity contribution is 7.12. The smallest absolute Gasteiger partial charge is 0.271 e. The molecule has 0 aliphatic carbocycles. The molecule has 1 aromatic carbocycles. The van der Waals surface area contributed by atoms with Gasteiger partial charge in [0.2, 0.25) is 0 Å². The van der Waals surface area contributed by atoms with Crippen molar-refractivity contribution in [2.45, 2.75) is 6.92 Å². The summed E-state index contributed by atoms with van der Waals surface area (Å²) in [5, 5.41) is 6.07. The molecule has 1 aromatic heterocycles. The van der Waals surface area contributed by atoms with E-state index >= 15 is 0 Å². The first-order valence-electron chi connectivity index (χ1n) is 6.43. The van der Waals surface area contributed by atoms with Gasteiger partial charge in [0.15, 0.2) is 0 Å². The van der Waals surface area contributed by atoms with Gasteiger partial charge in [0.25, 0.3) is 5.91 Å². The molecule has 0 radical (unpaired) electrons. The number of hydrogen-bond donors (Lipinski definition) is 1. The number of thiophene rings is 1. The quantitative estimate of drug-likeness (QED) is 0.504. The number of ether oxygens (including phenoxy) is 1. The summed E-state index contributed by atoms with van der Waals surface area (Å²) in [5.74, 6) is 0.450. The molecule has 0 fully saturated rings. The van der Waals surface area contributed by atoms with Crippen molar-refractivity contribution in [1.82, 2.24) is 5.43 Å². The number of hydrogen-bond acceptors (Lipinski definition) is 4. The minimum Gasteiger partial charge on any atom is -0.490 e. The molecule has 1 heterocycles. The molecular formula is C16H16N2O2S. The summed E-state index contributed by atoms with van der Waals surface area (Å²) in [5.41, 5.74) is 3.86. The Morgan fingerprint density at radius 3 is 2.76 bits per heavy atom. The lowest BCUT2D eigenvalue weighted by Crippen LogP contribution is -2.19. The molecule has 0 saturated heterocycles. The minimum absolute atomic E-state index is 0.249. The summed E-state index contributed by atoms with van der Waals surface area (Å²) in [6.07, 6.45) is 1.67. The van der Waals surface area contributed by atoms with Gasteiger partial charge in [-0.1, -0.05) is 18.7 Å². The molecule has 108 valence electrons. The molecule has 0 aliphatic heterocycles. The van der Waals surface area contributed by atoms with Crippen LogP contribution in [0.1, 0.15) is 22.2 Å². The first-order chi connectivity index (χ1) is 10.2. The van der Waals surface area contributed by atoms with Gasteiger partial charge in [-0.25, -0.2) is 5.43 Å². The second-order valence-electron chi connectivity index (χ2n) is 4.24. The number of hydrazone groups is 1. The van der Waals surface area contributed by atoms with Crippen molar-refractivity contribution in [2.24, 2.45) is 5.10 Å². The maximum absolute atomic E-state index is 12.0. The zero-order valence-corrected chi connectivity index (χ0v) is 12.5. The van der Waals surface area contributed by atoms with Crippen molar-refractivity contribution in [1.29, 1.82) is 0 Å². The Morgan fingerprint density at radius 2 is 2.14 bits per heavy atom. The van der Waals surface area contributed by atoms with Crippen LogP contribution in [0.3, 0.4) is 0 Å². The van der Waals surface area contributed by atoms with Crippen LogP contribution >= 0.6 is 11.3 Å². The summed E-state index contributed by atoms with van der Waals surface area (Å²) in [7, 11) is 0. The fourth-order valence-electron chi connectivity index (χ4n) is 1.60. The molecular weight excluding hydrogens is 284 g/mol. The zero-order chi connectivity index (χ0) is 15.1. The standard InChI is InChI=1S/C16H16N2O2S/c1-3-10-20-14-8-6-13(7-9-14)16(19)18-17-12(2)15-5-4-11-21-15/h3-9,11H,1,10H2,2H3,(H,18,19). The minimum atomic E-state index is -0.249. The lowest BCUT2D eigenvalue weighted by Gasteiger charge is -2.04. The molecule has 1 N–H and O–H groups in total. The largest absolute Gasteiger partial charge is 0.490 e. The van der Waals surface area contributed by atoms with Gasteiger partial charge in [0, 0.05) is 10.4 Å². The number of amides is 1. The van der Waals surface area contributed by atoms with Crippen LogP contribution in [0.4, 0.5) is 0 Å². The lowest BCUT2D eigenvalue weighted by molar-refractivity contribution is 0.0955. The van der Waals surface area contributed by atoms with E-state index in [4.69, 9.17) is 4.74 Å². The highest BCUT2D eigenvalue weighted by Gasteiger charge is 2.05. The van der Waals surface area contributed by atoms with E-state index in [1.165, 1.54) is 0 Å². The van der Waals surface area contributed by atoms with E-state index in [2.05, 4.69) is 17.1 Å². The molecule has 5 heteroatoms. The molecule has 0 bridgehead atoms. The summed E-state index contributed by atoms with van der Waals surface area (Å²) < 4.78 is 5.36. The topological polar surface area (TPSA) is 50.7 Å². The van der Waals surface area contributed by atoms with Gasteiger partial charge >= 0.3 is 0 Å². The Kier molecular flexibility index (Phi) is 5.29. The van der Waals surface area contributed by atoms with Crippen LogP contribution in [-0.2, 0) is 0 Å². The van der Waals surface area contributed by atoms with Crippen molar-refractivity contribution < 1.29 is 9.53 Å². The van der Waals surface area contributed by atoms with E-state index in [-0.39, 0.29) is 5.91 Å². The molecule has 0 atom stereocenters. The van der Waals surface area contributed by atoms with Gasteiger partial charge in [-0.05, 0) is 42.6 Å². The third-order valence-corrected chi connectivity index (χ3v) is 3.67. The Hall–Kier alpha value is -2.40. The molecule has 1 amide bonds. The fourth-order valence-corrected chi connectivity index (χ4v) is 2.27. The van der Waals surface area contributed by atoms with E-state index in [1.54, 1.807) is 41.7 Å². The van der Waals surface area contributed by atoms with Crippen molar-refractivity contribution in [3.8, 4) is 5.75 Å². The van der Waals surface area contributed by atoms with Crippen LogP contribution in [0.2, 0.25) is 0 Å². The van der Waals surface area contributed by atoms with Gasteiger partial charge in [-0.3, -0.25) is 4.79 Å². The Labute approximate surface area is 127 Å². The van der Waals surface area contributed by atoms with Gasteiger partial charge in [-0.2, -0.15) is 5.10 Å². The van der Waals surface area contributed by atoms with Crippen LogP contribution in [-0.4, -0.2) is 18.2 Å². The van der Waals surface area contributed by atoms with Crippen LogP contribution in [0.25, 0.3) is 0 Å². The van der Waals surface area contributed by atoms with Crippen LogP contribution < -0.4 is 10.2 Å². The number of carbonyl (C=O) groups excluding carboxylic acids is 1. The summed E-state index contributed by atoms with van der Waals surface area (Å²) in [6, 6.07) is 10.8. The van der Waals surface area contributed by atoms with E-state index in [0.717, 1.165) is 10.6 Å². The van der Waals surface area contributed by atoms with Crippen molar-refractivity contribution in [3.63, 3.8) is 0 Å².